The number of nitrogens with one attached hydrogen (secondary N) is 1. The summed E-state index contributed by atoms with van der Waals surface area (Å²) in [5.41, 5.74) is 0.648. The van der Waals surface area contributed by atoms with Crippen LogP contribution in [0.3, 0.4) is 0 Å². The largest absolute Gasteiger partial charge is 0.339 e. The molecule has 0 aliphatic carbocycles. The third-order valence-electron chi connectivity index (χ3n) is 3.19. The molecule has 0 amide bonds. The van der Waals surface area contributed by atoms with E-state index in [1.54, 1.807) is 18.6 Å². The molecule has 1 atom stereocenters. The Morgan fingerprint density at radius 2 is 2.32 bits per heavy atom. The smallest absolute Gasteiger partial charge is 0.227 e. The number of rotatable bonds is 4. The van der Waals surface area contributed by atoms with E-state index in [-0.39, 0.29) is 12.4 Å². The normalized spacial score (nSPS) is 18.2. The van der Waals surface area contributed by atoms with Gasteiger partial charge in [0.1, 0.15) is 5.69 Å². The third-order valence-corrected chi connectivity index (χ3v) is 3.19. The molecule has 2 aromatic heterocycles. The number of aromatic nitrogens is 4. The lowest BCUT2D eigenvalue weighted by atomic mass is 10.0. The van der Waals surface area contributed by atoms with Crippen LogP contribution in [0.15, 0.2) is 23.1 Å². The molecule has 102 valence electrons. The van der Waals surface area contributed by atoms with Crippen LogP contribution in [-0.4, -0.2) is 33.2 Å². The SMILES string of the molecule is Cl.c1cnc(-c2noc(CCC3CCNC3)n2)cn1. The summed E-state index contributed by atoms with van der Waals surface area (Å²) in [4.78, 5) is 12.5. The molecule has 1 saturated heterocycles. The van der Waals surface area contributed by atoms with Gasteiger partial charge in [-0.05, 0) is 31.8 Å². The zero-order valence-electron chi connectivity index (χ0n) is 10.5. The Labute approximate surface area is 117 Å². The Hall–Kier alpha value is -1.53. The first-order chi connectivity index (χ1) is 8.92. The third kappa shape index (κ3) is 3.48. The molecule has 0 radical (unpaired) electrons. The Bertz CT molecular complexity index is 498. The van der Waals surface area contributed by atoms with Gasteiger partial charge in [0.25, 0.3) is 0 Å². The zero-order chi connectivity index (χ0) is 12.2. The molecule has 1 aliphatic heterocycles. The molecule has 1 unspecified atom stereocenters. The summed E-state index contributed by atoms with van der Waals surface area (Å²) in [6.45, 7) is 2.23. The van der Waals surface area contributed by atoms with Crippen molar-refractivity contribution in [1.29, 1.82) is 0 Å². The van der Waals surface area contributed by atoms with Crippen LogP contribution in [0.4, 0.5) is 0 Å². The lowest BCUT2D eigenvalue weighted by molar-refractivity contribution is 0.365. The van der Waals surface area contributed by atoms with E-state index in [4.69, 9.17) is 4.52 Å². The molecule has 0 bridgehead atoms. The Balaban J connectivity index is 0.00000133. The molecule has 19 heavy (non-hydrogen) atoms. The van der Waals surface area contributed by atoms with E-state index in [0.717, 1.165) is 31.8 Å². The topological polar surface area (TPSA) is 76.7 Å². The van der Waals surface area contributed by atoms with Crippen molar-refractivity contribution in [1.82, 2.24) is 25.4 Å². The molecule has 0 aromatic carbocycles. The zero-order valence-corrected chi connectivity index (χ0v) is 11.3. The van der Waals surface area contributed by atoms with Gasteiger partial charge in [0.15, 0.2) is 0 Å². The van der Waals surface area contributed by atoms with Crippen molar-refractivity contribution < 1.29 is 4.52 Å². The highest BCUT2D eigenvalue weighted by atomic mass is 35.5. The number of hydrogen-bond donors (Lipinski definition) is 1. The van der Waals surface area contributed by atoms with Gasteiger partial charge >= 0.3 is 0 Å². The minimum absolute atomic E-state index is 0. The first-order valence-corrected chi connectivity index (χ1v) is 6.21. The molecule has 1 N–H and O–H groups in total. The molecular formula is C12H16ClN5O. The number of aryl methyl sites for hydroxylation is 1. The van der Waals surface area contributed by atoms with Crippen molar-refractivity contribution in [3.63, 3.8) is 0 Å². The van der Waals surface area contributed by atoms with Crippen molar-refractivity contribution in [2.45, 2.75) is 19.3 Å². The van der Waals surface area contributed by atoms with Crippen LogP contribution in [0, 0.1) is 5.92 Å². The van der Waals surface area contributed by atoms with Gasteiger partial charge in [-0.15, -0.1) is 12.4 Å². The van der Waals surface area contributed by atoms with Gasteiger partial charge in [-0.3, -0.25) is 4.98 Å². The summed E-state index contributed by atoms with van der Waals surface area (Å²) in [6.07, 6.45) is 8.04. The fourth-order valence-electron chi connectivity index (χ4n) is 2.16. The first kappa shape index (κ1) is 13.9. The fourth-order valence-corrected chi connectivity index (χ4v) is 2.16. The lowest BCUT2D eigenvalue weighted by Gasteiger charge is -2.03. The molecular weight excluding hydrogens is 266 g/mol. The maximum atomic E-state index is 5.23. The van der Waals surface area contributed by atoms with Crippen LogP contribution >= 0.6 is 12.4 Å². The van der Waals surface area contributed by atoms with Gasteiger partial charge in [-0.1, -0.05) is 5.16 Å². The standard InChI is InChI=1S/C12H15N5O.ClH/c1(9-3-4-13-7-9)2-11-16-12(17-18-11)10-8-14-5-6-15-10;/h5-6,8-9,13H,1-4,7H2;1H. The molecule has 3 rings (SSSR count). The van der Waals surface area contributed by atoms with Gasteiger partial charge in [0.2, 0.25) is 11.7 Å². The van der Waals surface area contributed by atoms with E-state index >= 15 is 0 Å². The van der Waals surface area contributed by atoms with E-state index in [9.17, 15) is 0 Å². The summed E-state index contributed by atoms with van der Waals surface area (Å²) < 4.78 is 5.23. The number of halogens is 1. The molecule has 1 aliphatic rings. The van der Waals surface area contributed by atoms with Crippen molar-refractivity contribution in [3.05, 3.63) is 24.5 Å². The predicted molar refractivity (Wildman–Crippen MR) is 71.9 cm³/mol. The van der Waals surface area contributed by atoms with E-state index in [2.05, 4.69) is 25.4 Å². The molecule has 0 saturated carbocycles. The Kier molecular flexibility index (Phi) is 4.81. The Morgan fingerprint density at radius 3 is 3.05 bits per heavy atom. The minimum atomic E-state index is 0. The summed E-state index contributed by atoms with van der Waals surface area (Å²) in [5, 5.41) is 7.28. The van der Waals surface area contributed by atoms with Crippen molar-refractivity contribution >= 4 is 12.4 Å². The van der Waals surface area contributed by atoms with E-state index < -0.39 is 0 Å². The van der Waals surface area contributed by atoms with E-state index in [0.29, 0.717) is 17.4 Å². The summed E-state index contributed by atoms with van der Waals surface area (Å²) in [5.74, 6) is 1.93. The molecule has 0 spiro atoms. The summed E-state index contributed by atoms with van der Waals surface area (Å²) >= 11 is 0. The maximum Gasteiger partial charge on any atom is 0.227 e. The van der Waals surface area contributed by atoms with E-state index in [1.165, 1.54) is 6.42 Å². The van der Waals surface area contributed by atoms with E-state index in [1.807, 2.05) is 0 Å². The Morgan fingerprint density at radius 1 is 1.37 bits per heavy atom. The first-order valence-electron chi connectivity index (χ1n) is 6.21. The van der Waals surface area contributed by atoms with Crippen molar-refractivity contribution in [2.75, 3.05) is 13.1 Å². The fraction of sp³-hybridized carbons (Fsp3) is 0.500. The highest BCUT2D eigenvalue weighted by Crippen LogP contribution is 2.17. The highest BCUT2D eigenvalue weighted by Gasteiger charge is 2.16. The number of nitrogens with zero attached hydrogens (tertiary/aromatic N) is 4. The van der Waals surface area contributed by atoms with Crippen LogP contribution in [0.5, 0.6) is 0 Å². The summed E-state index contributed by atoms with van der Waals surface area (Å²) in [7, 11) is 0. The van der Waals surface area contributed by atoms with Gasteiger partial charge in [0.05, 0.1) is 6.20 Å². The number of hydrogen-bond acceptors (Lipinski definition) is 6. The molecule has 2 aromatic rings. The average molecular weight is 282 g/mol. The quantitative estimate of drug-likeness (QED) is 0.915. The monoisotopic (exact) mass is 281 g/mol. The second-order valence-corrected chi connectivity index (χ2v) is 4.50. The predicted octanol–water partition coefficient (Wildman–Crippen LogP) is 1.49. The molecule has 6 nitrogen and oxygen atoms in total. The maximum absolute atomic E-state index is 5.23. The summed E-state index contributed by atoms with van der Waals surface area (Å²) in [6, 6.07) is 0. The van der Waals surface area contributed by atoms with Gasteiger partial charge in [-0.2, -0.15) is 4.98 Å². The minimum Gasteiger partial charge on any atom is -0.339 e. The van der Waals surface area contributed by atoms with Crippen LogP contribution in [0.25, 0.3) is 11.5 Å². The van der Waals surface area contributed by atoms with Crippen LogP contribution < -0.4 is 5.32 Å². The highest BCUT2D eigenvalue weighted by molar-refractivity contribution is 5.85. The molecule has 1 fully saturated rings. The van der Waals surface area contributed by atoms with Gasteiger partial charge < -0.3 is 9.84 Å². The second kappa shape index (κ2) is 6.58. The van der Waals surface area contributed by atoms with Crippen LogP contribution in [-0.2, 0) is 6.42 Å². The lowest BCUT2D eigenvalue weighted by Crippen LogP contribution is -2.09. The van der Waals surface area contributed by atoms with Crippen molar-refractivity contribution in [2.24, 2.45) is 5.92 Å². The van der Waals surface area contributed by atoms with Gasteiger partial charge in [0, 0.05) is 18.8 Å². The second-order valence-electron chi connectivity index (χ2n) is 4.50. The van der Waals surface area contributed by atoms with Crippen molar-refractivity contribution in [3.8, 4) is 11.5 Å². The molecule has 3 heterocycles. The average Bonchev–Trinajstić information content (AvgIpc) is 3.09. The van der Waals surface area contributed by atoms with Gasteiger partial charge in [-0.25, -0.2) is 4.98 Å². The molecule has 7 heteroatoms. The van der Waals surface area contributed by atoms with Crippen LogP contribution in [0.1, 0.15) is 18.7 Å². The van der Waals surface area contributed by atoms with Crippen LogP contribution in [0.2, 0.25) is 0 Å².